The first kappa shape index (κ1) is 14.0. The van der Waals surface area contributed by atoms with E-state index in [4.69, 9.17) is 4.74 Å². The van der Waals surface area contributed by atoms with Crippen LogP contribution < -0.4 is 9.41 Å². The molecule has 1 aromatic carbocycles. The maximum absolute atomic E-state index is 5.98. The second kappa shape index (κ2) is 6.23. The molecule has 2 saturated heterocycles. The van der Waals surface area contributed by atoms with Gasteiger partial charge in [0.05, 0.1) is 0 Å². The van der Waals surface area contributed by atoms with Crippen LogP contribution in [0.2, 0.25) is 0 Å². The van der Waals surface area contributed by atoms with Crippen molar-refractivity contribution in [1.29, 1.82) is 0 Å². The molecule has 0 saturated carbocycles. The first-order valence-electron chi connectivity index (χ1n) is 7.82. The zero-order valence-corrected chi connectivity index (χ0v) is 13.4. The Morgan fingerprint density at radius 2 is 2.00 bits per heavy atom. The lowest BCUT2D eigenvalue weighted by Crippen LogP contribution is -2.20. The topological polar surface area (TPSA) is 28.6 Å². The largest absolute Gasteiger partial charge is 0.470 e. The highest BCUT2D eigenvalue weighted by Gasteiger charge is 2.42. The highest BCUT2D eigenvalue weighted by atomic mass is 31.1. The average molecular weight is 313 g/mol. The number of ether oxygens (including phenoxy) is 1. The molecule has 0 N–H and O–H groups in total. The number of nitrogens with zero attached hydrogens (tertiary/aromatic N) is 3. The highest BCUT2D eigenvalue weighted by Crippen LogP contribution is 2.55. The van der Waals surface area contributed by atoms with Gasteiger partial charge in [0.25, 0.3) is 0 Å². The van der Waals surface area contributed by atoms with Crippen LogP contribution in [-0.4, -0.2) is 35.1 Å². The lowest BCUT2D eigenvalue weighted by Gasteiger charge is -2.30. The minimum Gasteiger partial charge on any atom is -0.470 e. The Hall–Kier alpha value is -1.64. The molecule has 2 atom stereocenters. The van der Waals surface area contributed by atoms with Crippen molar-refractivity contribution in [3.8, 4) is 5.88 Å². The highest BCUT2D eigenvalue weighted by molar-refractivity contribution is 7.57. The fourth-order valence-electron chi connectivity index (χ4n) is 3.28. The van der Waals surface area contributed by atoms with Crippen LogP contribution in [0.4, 0.5) is 5.69 Å². The molecular formula is C17H20N3OP. The molecule has 2 aliphatic heterocycles. The van der Waals surface area contributed by atoms with Gasteiger partial charge in [0.15, 0.2) is 0 Å². The van der Waals surface area contributed by atoms with Gasteiger partial charge in [-0.2, -0.15) is 0 Å². The molecule has 1 unspecified atom stereocenters. The Morgan fingerprint density at radius 3 is 2.82 bits per heavy atom. The van der Waals surface area contributed by atoms with Gasteiger partial charge in [-0.05, 0) is 31.0 Å². The molecule has 0 radical (unpaired) electrons. The molecule has 0 amide bonds. The number of benzene rings is 1. The van der Waals surface area contributed by atoms with Crippen molar-refractivity contribution >= 4 is 13.9 Å². The van der Waals surface area contributed by atoms with Gasteiger partial charge in [-0.1, -0.05) is 24.3 Å². The van der Waals surface area contributed by atoms with Gasteiger partial charge < -0.3 is 9.41 Å². The SMILES string of the molecule is c1ccc(N2C[C@@H]3CCCN3P2COc2ccccn2)cc1. The van der Waals surface area contributed by atoms with Crippen LogP contribution in [0.3, 0.4) is 0 Å². The molecule has 2 fully saturated rings. The van der Waals surface area contributed by atoms with Gasteiger partial charge in [0.2, 0.25) is 5.88 Å². The van der Waals surface area contributed by atoms with Crippen molar-refractivity contribution in [3.63, 3.8) is 0 Å². The molecular weight excluding hydrogens is 293 g/mol. The summed E-state index contributed by atoms with van der Waals surface area (Å²) in [5.41, 5.74) is 1.31. The van der Waals surface area contributed by atoms with E-state index in [-0.39, 0.29) is 0 Å². The molecule has 5 heteroatoms. The van der Waals surface area contributed by atoms with Crippen molar-refractivity contribution in [2.45, 2.75) is 18.9 Å². The van der Waals surface area contributed by atoms with Crippen molar-refractivity contribution in [1.82, 2.24) is 9.65 Å². The summed E-state index contributed by atoms with van der Waals surface area (Å²) in [6.45, 7) is 2.33. The summed E-state index contributed by atoms with van der Waals surface area (Å²) in [7, 11) is -0.444. The van der Waals surface area contributed by atoms with Crippen LogP contribution in [-0.2, 0) is 0 Å². The van der Waals surface area contributed by atoms with E-state index in [0.717, 1.165) is 18.8 Å². The Labute approximate surface area is 132 Å². The van der Waals surface area contributed by atoms with Gasteiger partial charge in [-0.3, -0.25) is 4.67 Å². The van der Waals surface area contributed by atoms with E-state index in [1.54, 1.807) is 6.20 Å². The minimum atomic E-state index is -0.444. The summed E-state index contributed by atoms with van der Waals surface area (Å²) in [6.07, 6.45) is 5.13. The lowest BCUT2D eigenvalue weighted by atomic mass is 10.2. The molecule has 22 heavy (non-hydrogen) atoms. The van der Waals surface area contributed by atoms with Crippen LogP contribution in [0.1, 0.15) is 12.8 Å². The smallest absolute Gasteiger partial charge is 0.213 e. The number of pyridine rings is 1. The normalized spacial score (nSPS) is 24.5. The molecule has 114 valence electrons. The van der Waals surface area contributed by atoms with Crippen LogP contribution >= 0.6 is 8.22 Å². The zero-order chi connectivity index (χ0) is 14.8. The summed E-state index contributed by atoms with van der Waals surface area (Å²) in [5, 5.41) is 0. The van der Waals surface area contributed by atoms with Gasteiger partial charge >= 0.3 is 0 Å². The molecule has 0 bridgehead atoms. The summed E-state index contributed by atoms with van der Waals surface area (Å²) in [6, 6.07) is 17.2. The van der Waals surface area contributed by atoms with Crippen molar-refractivity contribution in [2.75, 3.05) is 24.1 Å². The number of hydrogen-bond acceptors (Lipinski definition) is 4. The molecule has 1 aromatic heterocycles. The first-order valence-corrected chi connectivity index (χ1v) is 9.25. The van der Waals surface area contributed by atoms with E-state index < -0.39 is 8.22 Å². The second-order valence-electron chi connectivity index (χ2n) is 5.69. The van der Waals surface area contributed by atoms with E-state index in [1.807, 2.05) is 18.2 Å². The van der Waals surface area contributed by atoms with E-state index in [0.29, 0.717) is 6.04 Å². The van der Waals surface area contributed by atoms with Crippen molar-refractivity contribution in [2.24, 2.45) is 0 Å². The molecule has 3 heterocycles. The van der Waals surface area contributed by atoms with E-state index >= 15 is 0 Å². The average Bonchev–Trinajstić information content (AvgIpc) is 3.16. The van der Waals surface area contributed by atoms with Gasteiger partial charge in [0, 0.05) is 37.1 Å². The van der Waals surface area contributed by atoms with Crippen molar-refractivity contribution in [3.05, 3.63) is 54.7 Å². The quantitative estimate of drug-likeness (QED) is 0.805. The third-order valence-corrected chi connectivity index (χ3v) is 6.76. The number of aromatic nitrogens is 1. The molecule has 2 aliphatic rings. The maximum atomic E-state index is 5.98. The maximum Gasteiger partial charge on any atom is 0.213 e. The second-order valence-corrected chi connectivity index (χ2v) is 7.69. The third kappa shape index (κ3) is 2.69. The predicted molar refractivity (Wildman–Crippen MR) is 90.2 cm³/mol. The third-order valence-electron chi connectivity index (χ3n) is 4.32. The monoisotopic (exact) mass is 313 g/mol. The van der Waals surface area contributed by atoms with Gasteiger partial charge in [-0.15, -0.1) is 0 Å². The number of rotatable bonds is 4. The number of hydrogen-bond donors (Lipinski definition) is 0. The van der Waals surface area contributed by atoms with Crippen LogP contribution in [0.15, 0.2) is 54.7 Å². The Morgan fingerprint density at radius 1 is 1.14 bits per heavy atom. The van der Waals surface area contributed by atoms with Crippen LogP contribution in [0.5, 0.6) is 5.88 Å². The summed E-state index contributed by atoms with van der Waals surface area (Å²) in [4.78, 5) is 4.27. The zero-order valence-electron chi connectivity index (χ0n) is 12.5. The molecule has 2 aromatic rings. The predicted octanol–water partition coefficient (Wildman–Crippen LogP) is 3.71. The first-order chi connectivity index (χ1) is 10.9. The van der Waals surface area contributed by atoms with Gasteiger partial charge in [0.1, 0.15) is 14.6 Å². The van der Waals surface area contributed by atoms with E-state index in [2.05, 4.69) is 44.7 Å². The summed E-state index contributed by atoms with van der Waals surface area (Å²) in [5.74, 6) is 0.723. The Balaban J connectivity index is 1.53. The number of anilines is 1. The van der Waals surface area contributed by atoms with E-state index in [1.165, 1.54) is 25.1 Å². The Bertz CT molecular complexity index is 610. The molecule has 0 aliphatic carbocycles. The standard InChI is InChI=1S/C17H20N3OP/c1-2-7-15(8-3-1)20-13-16-9-6-12-19(16)22(20)14-21-17-10-4-5-11-18-17/h1-5,7-8,10-11,16H,6,9,12-14H2/t16-,22?/m0/s1. The van der Waals surface area contributed by atoms with Gasteiger partial charge in [-0.25, -0.2) is 4.98 Å². The summed E-state index contributed by atoms with van der Waals surface area (Å²) < 4.78 is 11.2. The molecule has 4 nitrogen and oxygen atoms in total. The fourth-order valence-corrected chi connectivity index (χ4v) is 5.81. The fraction of sp³-hybridized carbons (Fsp3) is 0.353. The van der Waals surface area contributed by atoms with Crippen LogP contribution in [0, 0.1) is 0 Å². The summed E-state index contributed by atoms with van der Waals surface area (Å²) >= 11 is 0. The molecule has 0 spiro atoms. The lowest BCUT2D eigenvalue weighted by molar-refractivity contribution is 0.360. The van der Waals surface area contributed by atoms with Crippen LogP contribution in [0.25, 0.3) is 0 Å². The van der Waals surface area contributed by atoms with E-state index in [9.17, 15) is 0 Å². The molecule has 4 rings (SSSR count). The van der Waals surface area contributed by atoms with Crippen molar-refractivity contribution < 1.29 is 4.74 Å². The Kier molecular flexibility index (Phi) is 3.96. The minimum absolute atomic E-state index is 0.444. The number of para-hydroxylation sites is 1. The number of fused-ring (bicyclic) bond motifs is 1.